The van der Waals surface area contributed by atoms with Crippen molar-refractivity contribution in [1.82, 2.24) is 24.8 Å². The Kier molecular flexibility index (Phi) is 4.83. The van der Waals surface area contributed by atoms with Gasteiger partial charge in [-0.25, -0.2) is 23.7 Å². The summed E-state index contributed by atoms with van der Waals surface area (Å²) in [6.07, 6.45) is 4.89. The van der Waals surface area contributed by atoms with Gasteiger partial charge in [-0.3, -0.25) is 4.90 Å². The Balaban J connectivity index is 1.50. The maximum absolute atomic E-state index is 13.0. The summed E-state index contributed by atoms with van der Waals surface area (Å²) in [5.74, 6) is -1.99. The van der Waals surface area contributed by atoms with Gasteiger partial charge < -0.3 is 10.1 Å². The first kappa shape index (κ1) is 21.0. The third-order valence-corrected chi connectivity index (χ3v) is 5.98. The van der Waals surface area contributed by atoms with Gasteiger partial charge in [-0.1, -0.05) is 6.07 Å². The van der Waals surface area contributed by atoms with Crippen LogP contribution in [0.15, 0.2) is 36.8 Å². The van der Waals surface area contributed by atoms with E-state index >= 15 is 0 Å². The Bertz CT molecular complexity index is 1410. The van der Waals surface area contributed by atoms with Crippen LogP contribution in [0.5, 0.6) is 5.75 Å². The molecule has 1 aliphatic rings. The SMILES string of the molecule is Cc1ccc(O)c(C)c1-c1cnc2[nH]c(-c3cnc(CN4CC(F)(F)C4)nc3)cc2c1C#N. The van der Waals surface area contributed by atoms with Crippen LogP contribution in [0.2, 0.25) is 0 Å². The molecule has 3 aromatic heterocycles. The number of alkyl halides is 2. The zero-order valence-corrected chi connectivity index (χ0v) is 18.0. The highest BCUT2D eigenvalue weighted by Crippen LogP contribution is 2.37. The number of aromatic hydroxyl groups is 1. The van der Waals surface area contributed by atoms with Crippen LogP contribution in [-0.4, -0.2) is 49.0 Å². The van der Waals surface area contributed by atoms with E-state index in [4.69, 9.17) is 0 Å². The van der Waals surface area contributed by atoms with E-state index in [-0.39, 0.29) is 25.4 Å². The third kappa shape index (κ3) is 3.68. The molecule has 0 radical (unpaired) electrons. The molecule has 4 aromatic rings. The number of nitrogens with zero attached hydrogens (tertiary/aromatic N) is 5. The predicted molar refractivity (Wildman–Crippen MR) is 119 cm³/mol. The Labute approximate surface area is 188 Å². The van der Waals surface area contributed by atoms with Gasteiger partial charge in [0.1, 0.15) is 23.3 Å². The Hall–Kier alpha value is -3.90. The van der Waals surface area contributed by atoms with Crippen molar-refractivity contribution >= 4 is 11.0 Å². The maximum atomic E-state index is 13.0. The zero-order chi connectivity index (χ0) is 23.3. The monoisotopic (exact) mass is 446 g/mol. The quantitative estimate of drug-likeness (QED) is 0.484. The number of benzene rings is 1. The third-order valence-electron chi connectivity index (χ3n) is 5.98. The molecule has 0 spiro atoms. The van der Waals surface area contributed by atoms with Gasteiger partial charge in [0.2, 0.25) is 0 Å². The summed E-state index contributed by atoms with van der Waals surface area (Å²) in [5.41, 5.74) is 5.45. The summed E-state index contributed by atoms with van der Waals surface area (Å²) in [5, 5.41) is 20.8. The molecule has 1 saturated heterocycles. The number of aryl methyl sites for hydroxylation is 1. The normalized spacial score (nSPS) is 15.4. The molecule has 166 valence electrons. The molecular formula is C24H20F2N6O. The lowest BCUT2D eigenvalue weighted by Crippen LogP contribution is -2.55. The molecule has 0 unspecified atom stereocenters. The summed E-state index contributed by atoms with van der Waals surface area (Å²) in [6, 6.07) is 7.56. The first-order valence-electron chi connectivity index (χ1n) is 10.4. The second-order valence-electron chi connectivity index (χ2n) is 8.39. The van der Waals surface area contributed by atoms with Crippen molar-refractivity contribution in [2.24, 2.45) is 0 Å². The highest BCUT2D eigenvalue weighted by atomic mass is 19.3. The lowest BCUT2D eigenvalue weighted by Gasteiger charge is -2.38. The van der Waals surface area contributed by atoms with Crippen molar-refractivity contribution in [2.75, 3.05) is 13.1 Å². The molecule has 5 rings (SSSR count). The number of likely N-dealkylation sites (tertiary alicyclic amines) is 1. The number of H-pyrrole nitrogens is 1. The van der Waals surface area contributed by atoms with Gasteiger partial charge in [0.05, 0.1) is 30.9 Å². The van der Waals surface area contributed by atoms with Crippen LogP contribution in [0.1, 0.15) is 22.5 Å². The average Bonchev–Trinajstić information content (AvgIpc) is 3.20. The molecule has 1 aromatic carbocycles. The minimum absolute atomic E-state index is 0.161. The number of fused-ring (bicyclic) bond motifs is 1. The van der Waals surface area contributed by atoms with E-state index in [0.717, 1.165) is 11.1 Å². The van der Waals surface area contributed by atoms with Crippen LogP contribution in [0.4, 0.5) is 8.78 Å². The molecule has 0 aliphatic carbocycles. The minimum Gasteiger partial charge on any atom is -0.508 e. The van der Waals surface area contributed by atoms with Crippen molar-refractivity contribution in [2.45, 2.75) is 26.3 Å². The summed E-state index contributed by atoms with van der Waals surface area (Å²) >= 11 is 0. The van der Waals surface area contributed by atoms with E-state index in [9.17, 15) is 19.1 Å². The van der Waals surface area contributed by atoms with Crippen LogP contribution >= 0.6 is 0 Å². The first-order valence-corrected chi connectivity index (χ1v) is 10.4. The Morgan fingerprint density at radius 3 is 2.55 bits per heavy atom. The Morgan fingerprint density at radius 1 is 1.15 bits per heavy atom. The zero-order valence-electron chi connectivity index (χ0n) is 18.0. The Morgan fingerprint density at radius 2 is 1.88 bits per heavy atom. The lowest BCUT2D eigenvalue weighted by molar-refractivity contribution is -0.134. The standard InChI is InChI=1S/C24H20F2N6O/c1-13-3-4-20(33)14(2)22(13)18-9-30-23-16(17(18)6-27)5-19(31-23)15-7-28-21(29-8-15)10-32-11-24(25,26)12-32/h3-5,7-9,33H,10-12H2,1-2H3,(H,30,31). The molecule has 0 saturated carbocycles. The van der Waals surface area contributed by atoms with Gasteiger partial charge in [0.15, 0.2) is 0 Å². The number of rotatable bonds is 4. The van der Waals surface area contributed by atoms with Crippen molar-refractivity contribution < 1.29 is 13.9 Å². The molecule has 0 bridgehead atoms. The molecule has 9 heteroatoms. The van der Waals surface area contributed by atoms with Crippen LogP contribution in [0.25, 0.3) is 33.4 Å². The molecule has 7 nitrogen and oxygen atoms in total. The largest absolute Gasteiger partial charge is 0.508 e. The van der Waals surface area contributed by atoms with E-state index in [1.807, 2.05) is 26.0 Å². The van der Waals surface area contributed by atoms with Crippen molar-refractivity contribution in [3.8, 4) is 34.2 Å². The fourth-order valence-electron chi connectivity index (χ4n) is 4.29. The van der Waals surface area contributed by atoms with Crippen LogP contribution < -0.4 is 0 Å². The second-order valence-corrected chi connectivity index (χ2v) is 8.39. The molecule has 2 N–H and O–H groups in total. The van der Waals surface area contributed by atoms with E-state index in [2.05, 4.69) is 26.0 Å². The van der Waals surface area contributed by atoms with Crippen LogP contribution in [-0.2, 0) is 6.54 Å². The molecule has 1 fully saturated rings. The molecule has 4 heterocycles. The number of phenolic OH excluding ortho intramolecular Hbond substituents is 1. The summed E-state index contributed by atoms with van der Waals surface area (Å²) in [7, 11) is 0. The highest BCUT2D eigenvalue weighted by Gasteiger charge is 2.43. The molecule has 33 heavy (non-hydrogen) atoms. The predicted octanol–water partition coefficient (Wildman–Crippen LogP) is 4.33. The summed E-state index contributed by atoms with van der Waals surface area (Å²) in [4.78, 5) is 17.9. The van der Waals surface area contributed by atoms with Gasteiger partial charge >= 0.3 is 0 Å². The second kappa shape index (κ2) is 7.60. The number of nitrogens with one attached hydrogen (secondary N) is 1. The number of hydrogen-bond donors (Lipinski definition) is 2. The number of halogens is 2. The van der Waals surface area contributed by atoms with E-state index < -0.39 is 5.92 Å². The number of aromatic nitrogens is 4. The molecule has 0 amide bonds. The lowest BCUT2D eigenvalue weighted by atomic mass is 9.92. The molecular weight excluding hydrogens is 426 g/mol. The van der Waals surface area contributed by atoms with Gasteiger partial charge in [0, 0.05) is 35.1 Å². The highest BCUT2D eigenvalue weighted by molar-refractivity contribution is 5.94. The number of pyridine rings is 1. The van der Waals surface area contributed by atoms with Gasteiger partial charge in [-0.15, -0.1) is 0 Å². The van der Waals surface area contributed by atoms with Crippen molar-refractivity contribution in [3.63, 3.8) is 0 Å². The average molecular weight is 446 g/mol. The van der Waals surface area contributed by atoms with Crippen molar-refractivity contribution in [1.29, 1.82) is 5.26 Å². The number of hydrogen-bond acceptors (Lipinski definition) is 6. The smallest absolute Gasteiger partial charge is 0.272 e. The fourth-order valence-corrected chi connectivity index (χ4v) is 4.29. The van der Waals surface area contributed by atoms with E-state index in [1.54, 1.807) is 29.6 Å². The van der Waals surface area contributed by atoms with Crippen molar-refractivity contribution in [3.05, 3.63) is 59.3 Å². The van der Waals surface area contributed by atoms with Gasteiger partial charge in [-0.2, -0.15) is 5.26 Å². The summed E-state index contributed by atoms with van der Waals surface area (Å²) < 4.78 is 26.0. The molecule has 0 atom stereocenters. The van der Waals surface area contributed by atoms with Gasteiger partial charge in [-0.05, 0) is 42.7 Å². The number of aromatic amines is 1. The minimum atomic E-state index is -2.62. The molecule has 1 aliphatic heterocycles. The summed E-state index contributed by atoms with van der Waals surface area (Å²) in [6.45, 7) is 3.46. The first-order chi connectivity index (χ1) is 15.8. The van der Waals surface area contributed by atoms with Crippen LogP contribution in [0, 0.1) is 25.2 Å². The topological polar surface area (TPSA) is 102 Å². The maximum Gasteiger partial charge on any atom is 0.272 e. The van der Waals surface area contributed by atoms with Crippen LogP contribution in [0.3, 0.4) is 0 Å². The number of phenols is 1. The van der Waals surface area contributed by atoms with E-state index in [0.29, 0.717) is 44.8 Å². The van der Waals surface area contributed by atoms with Gasteiger partial charge in [0.25, 0.3) is 5.92 Å². The fraction of sp³-hybridized carbons (Fsp3) is 0.250. The number of nitriles is 1. The van der Waals surface area contributed by atoms with E-state index in [1.165, 1.54) is 0 Å².